The lowest BCUT2D eigenvalue weighted by molar-refractivity contribution is -0.385. The van der Waals surface area contributed by atoms with Crippen LogP contribution in [0.4, 0.5) is 5.69 Å². The first-order valence-electron chi connectivity index (χ1n) is 7.17. The topological polar surface area (TPSA) is 72.7 Å². The first-order valence-corrected chi connectivity index (χ1v) is 7.17. The van der Waals surface area contributed by atoms with Crippen molar-refractivity contribution < 1.29 is 14.5 Å². The lowest BCUT2D eigenvalue weighted by Gasteiger charge is -2.33. The van der Waals surface area contributed by atoms with Gasteiger partial charge < -0.3 is 4.74 Å². The van der Waals surface area contributed by atoms with Crippen molar-refractivity contribution in [3.05, 3.63) is 39.4 Å². The van der Waals surface area contributed by atoms with E-state index in [2.05, 4.69) is 4.90 Å². The summed E-state index contributed by atoms with van der Waals surface area (Å²) >= 11 is 0. The molecule has 0 N–H and O–H groups in total. The highest BCUT2D eigenvalue weighted by Gasteiger charge is 2.24. The molecular formula is C15H20N2O4. The molecule has 1 aliphatic rings. The van der Waals surface area contributed by atoms with Gasteiger partial charge in [0.25, 0.3) is 5.69 Å². The normalized spacial score (nSPS) is 16.1. The molecule has 6 heteroatoms. The van der Waals surface area contributed by atoms with E-state index in [9.17, 15) is 14.9 Å². The molecule has 0 aromatic heterocycles. The molecule has 2 rings (SSSR count). The maximum Gasteiger partial charge on any atom is 0.307 e. The highest BCUT2D eigenvalue weighted by Crippen LogP contribution is 2.25. The molecule has 1 unspecified atom stereocenters. The molecule has 0 amide bonds. The summed E-state index contributed by atoms with van der Waals surface area (Å²) in [4.78, 5) is 24.2. The highest BCUT2D eigenvalue weighted by molar-refractivity contribution is 5.70. The molecule has 6 nitrogen and oxygen atoms in total. The van der Waals surface area contributed by atoms with Crippen LogP contribution in [0.1, 0.15) is 31.4 Å². The molecule has 1 atom stereocenters. The van der Waals surface area contributed by atoms with Crippen LogP contribution in [0.2, 0.25) is 0 Å². The molecule has 1 aromatic rings. The van der Waals surface area contributed by atoms with Gasteiger partial charge in [0.1, 0.15) is 0 Å². The quantitative estimate of drug-likeness (QED) is 0.473. The summed E-state index contributed by atoms with van der Waals surface area (Å²) in [5, 5.41) is 10.9. The summed E-state index contributed by atoms with van der Waals surface area (Å²) < 4.78 is 4.97. The second-order valence-electron chi connectivity index (χ2n) is 5.29. The van der Waals surface area contributed by atoms with Crippen molar-refractivity contribution in [2.75, 3.05) is 13.2 Å². The standard InChI is InChI=1S/C15H20N2O4/c1-3-21-15(18)8-11(2)16-7-6-12-4-5-14(17(19)20)9-13(12)10-16/h4-5,9,11H,3,6-8,10H2,1-2H3. The Hall–Kier alpha value is -1.95. The van der Waals surface area contributed by atoms with Gasteiger partial charge in [-0.2, -0.15) is 0 Å². The monoisotopic (exact) mass is 292 g/mol. The van der Waals surface area contributed by atoms with Crippen molar-refractivity contribution in [3.8, 4) is 0 Å². The van der Waals surface area contributed by atoms with Gasteiger partial charge in [0.15, 0.2) is 0 Å². The van der Waals surface area contributed by atoms with Crippen LogP contribution in [-0.2, 0) is 22.5 Å². The van der Waals surface area contributed by atoms with Crippen LogP contribution in [0.5, 0.6) is 0 Å². The van der Waals surface area contributed by atoms with Crippen molar-refractivity contribution in [1.29, 1.82) is 0 Å². The Morgan fingerprint density at radius 3 is 2.90 bits per heavy atom. The number of benzene rings is 1. The molecule has 1 aromatic carbocycles. The Bertz CT molecular complexity index is 544. The van der Waals surface area contributed by atoms with E-state index in [0.717, 1.165) is 24.1 Å². The summed E-state index contributed by atoms with van der Waals surface area (Å²) in [5.41, 5.74) is 2.25. The number of fused-ring (bicyclic) bond motifs is 1. The molecule has 1 aliphatic heterocycles. The molecule has 0 spiro atoms. The number of carbonyl (C=O) groups excluding carboxylic acids is 1. The molecule has 0 fully saturated rings. The minimum atomic E-state index is -0.374. The molecule has 1 heterocycles. The number of hydrogen-bond donors (Lipinski definition) is 0. The molecule has 0 saturated carbocycles. The third-order valence-corrected chi connectivity index (χ3v) is 3.83. The van der Waals surface area contributed by atoms with Gasteiger partial charge in [-0.25, -0.2) is 0 Å². The second kappa shape index (κ2) is 6.67. The first kappa shape index (κ1) is 15.4. The number of nitrogens with zero attached hydrogens (tertiary/aromatic N) is 2. The number of non-ortho nitro benzene ring substituents is 1. The van der Waals surface area contributed by atoms with Crippen molar-refractivity contribution in [2.24, 2.45) is 0 Å². The van der Waals surface area contributed by atoms with Gasteiger partial charge in [-0.05, 0) is 31.4 Å². The van der Waals surface area contributed by atoms with E-state index in [4.69, 9.17) is 4.74 Å². The summed E-state index contributed by atoms with van der Waals surface area (Å²) in [6.07, 6.45) is 1.19. The third kappa shape index (κ3) is 3.78. The second-order valence-corrected chi connectivity index (χ2v) is 5.29. The van der Waals surface area contributed by atoms with Gasteiger partial charge in [-0.3, -0.25) is 19.8 Å². The van der Waals surface area contributed by atoms with Gasteiger partial charge in [0.2, 0.25) is 0 Å². The fraction of sp³-hybridized carbons (Fsp3) is 0.533. The molecular weight excluding hydrogens is 272 g/mol. The largest absolute Gasteiger partial charge is 0.466 e. The lowest BCUT2D eigenvalue weighted by Crippen LogP contribution is -2.39. The molecule has 0 radical (unpaired) electrons. The molecule has 0 bridgehead atoms. The van der Waals surface area contributed by atoms with Crippen LogP contribution in [0.3, 0.4) is 0 Å². The minimum Gasteiger partial charge on any atom is -0.466 e. The van der Waals surface area contributed by atoms with Gasteiger partial charge in [0, 0.05) is 31.3 Å². The number of nitro groups is 1. The zero-order chi connectivity index (χ0) is 15.4. The maximum absolute atomic E-state index is 11.5. The predicted octanol–water partition coefficient (Wildman–Crippen LogP) is 2.29. The number of hydrogen-bond acceptors (Lipinski definition) is 5. The highest BCUT2D eigenvalue weighted by atomic mass is 16.6. The van der Waals surface area contributed by atoms with E-state index in [0.29, 0.717) is 19.6 Å². The van der Waals surface area contributed by atoms with E-state index >= 15 is 0 Å². The van der Waals surface area contributed by atoms with Crippen LogP contribution in [0.15, 0.2) is 18.2 Å². The van der Waals surface area contributed by atoms with Crippen LogP contribution in [-0.4, -0.2) is 35.0 Å². The molecule has 0 aliphatic carbocycles. The van der Waals surface area contributed by atoms with Crippen LogP contribution < -0.4 is 0 Å². The van der Waals surface area contributed by atoms with E-state index in [1.807, 2.05) is 13.0 Å². The number of esters is 1. The first-order chi connectivity index (χ1) is 10.0. The SMILES string of the molecule is CCOC(=O)CC(C)N1CCc2ccc([N+](=O)[O-])cc2C1. The molecule has 114 valence electrons. The number of rotatable bonds is 5. The van der Waals surface area contributed by atoms with Crippen molar-refractivity contribution >= 4 is 11.7 Å². The Morgan fingerprint density at radius 1 is 1.48 bits per heavy atom. The average Bonchev–Trinajstić information content (AvgIpc) is 2.46. The zero-order valence-corrected chi connectivity index (χ0v) is 12.4. The van der Waals surface area contributed by atoms with Gasteiger partial charge in [-0.1, -0.05) is 6.07 Å². The van der Waals surface area contributed by atoms with Crippen LogP contribution in [0, 0.1) is 10.1 Å². The smallest absolute Gasteiger partial charge is 0.307 e. The fourth-order valence-corrected chi connectivity index (χ4v) is 2.65. The Labute approximate surface area is 123 Å². The zero-order valence-electron chi connectivity index (χ0n) is 12.4. The Balaban J connectivity index is 2.05. The maximum atomic E-state index is 11.5. The minimum absolute atomic E-state index is 0.0662. The van der Waals surface area contributed by atoms with Crippen molar-refractivity contribution in [1.82, 2.24) is 4.90 Å². The van der Waals surface area contributed by atoms with Gasteiger partial charge >= 0.3 is 5.97 Å². The van der Waals surface area contributed by atoms with E-state index < -0.39 is 0 Å². The summed E-state index contributed by atoms with van der Waals surface area (Å²) in [7, 11) is 0. The van der Waals surface area contributed by atoms with Gasteiger partial charge in [-0.15, -0.1) is 0 Å². The average molecular weight is 292 g/mol. The number of nitro benzene ring substituents is 1. The number of carbonyl (C=O) groups is 1. The predicted molar refractivity (Wildman–Crippen MR) is 77.9 cm³/mol. The molecule has 0 saturated heterocycles. The van der Waals surface area contributed by atoms with Crippen molar-refractivity contribution in [3.63, 3.8) is 0 Å². The van der Waals surface area contributed by atoms with Crippen LogP contribution in [0.25, 0.3) is 0 Å². The third-order valence-electron chi connectivity index (χ3n) is 3.83. The Morgan fingerprint density at radius 2 is 2.24 bits per heavy atom. The summed E-state index contributed by atoms with van der Waals surface area (Å²) in [6, 6.07) is 5.09. The van der Waals surface area contributed by atoms with E-state index in [-0.39, 0.29) is 22.6 Å². The van der Waals surface area contributed by atoms with Gasteiger partial charge in [0.05, 0.1) is 18.0 Å². The lowest BCUT2D eigenvalue weighted by atomic mass is 9.97. The Kier molecular flexibility index (Phi) is 4.90. The number of ether oxygens (including phenoxy) is 1. The fourth-order valence-electron chi connectivity index (χ4n) is 2.65. The summed E-state index contributed by atoms with van der Waals surface area (Å²) in [6.45, 7) is 5.65. The summed E-state index contributed by atoms with van der Waals surface area (Å²) in [5.74, 6) is -0.199. The van der Waals surface area contributed by atoms with E-state index in [1.54, 1.807) is 19.1 Å². The van der Waals surface area contributed by atoms with E-state index in [1.165, 1.54) is 0 Å². The molecule has 21 heavy (non-hydrogen) atoms. The van der Waals surface area contributed by atoms with Crippen molar-refractivity contribution in [2.45, 2.75) is 39.3 Å². The van der Waals surface area contributed by atoms with Crippen LogP contribution >= 0.6 is 0 Å².